The molecule has 5 rings (SSSR count). The summed E-state index contributed by atoms with van der Waals surface area (Å²) in [6, 6.07) is 21.6. The number of nitrogens with one attached hydrogen (secondary N) is 3. The maximum atomic E-state index is 15.4. The van der Waals surface area contributed by atoms with Crippen molar-refractivity contribution >= 4 is 54.8 Å². The predicted octanol–water partition coefficient (Wildman–Crippen LogP) is 3.59. The Labute approximate surface area is 347 Å². The zero-order valence-corrected chi connectivity index (χ0v) is 35.0. The summed E-state index contributed by atoms with van der Waals surface area (Å²) in [6.45, 7) is -1.56. The molecule has 0 saturated heterocycles. The molecule has 5 N–H and O–H groups in total. The molecule has 4 aromatic carbocycles. The average Bonchev–Trinajstić information content (AvgIpc) is 3.66. The highest BCUT2D eigenvalue weighted by Crippen LogP contribution is 2.38. The SMILES string of the molecule is COc1ccc(CN(Cc2ccc(OC)cc2)S(=O)(=O)c2c(S(=O)(=O)NC[C@@H](CNC(=O)O)NC(=O)O)ccc(I)c2-c2nnnn2Cc2ccc(OC)cc2)cc1. The maximum Gasteiger partial charge on any atom is 0.404 e. The summed E-state index contributed by atoms with van der Waals surface area (Å²) < 4.78 is 80.5. The highest BCUT2D eigenvalue weighted by Gasteiger charge is 2.38. The molecule has 0 spiro atoms. The Bertz CT molecular complexity index is 2390. The fourth-order valence-electron chi connectivity index (χ4n) is 5.68. The number of carbonyl (C=O) groups is 2. The Balaban J connectivity index is 1.70. The lowest BCUT2D eigenvalue weighted by Crippen LogP contribution is -2.49. The van der Waals surface area contributed by atoms with E-state index in [-0.39, 0.29) is 34.6 Å². The molecule has 22 heteroatoms. The van der Waals surface area contributed by atoms with Crippen LogP contribution in [0.2, 0.25) is 0 Å². The quantitative estimate of drug-likeness (QED) is 0.0743. The molecule has 1 heterocycles. The van der Waals surface area contributed by atoms with Crippen molar-refractivity contribution in [1.29, 1.82) is 0 Å². The number of methoxy groups -OCH3 is 3. The van der Waals surface area contributed by atoms with E-state index in [0.29, 0.717) is 33.9 Å². The lowest BCUT2D eigenvalue weighted by atomic mass is 10.2. The number of nitrogens with zero attached hydrogens (tertiary/aromatic N) is 5. The van der Waals surface area contributed by atoms with Crippen LogP contribution in [0.3, 0.4) is 0 Å². The van der Waals surface area contributed by atoms with Gasteiger partial charge in [-0.15, -0.1) is 5.10 Å². The molecular formula is C36H39IN8O11S2. The topological polar surface area (TPSA) is 253 Å². The van der Waals surface area contributed by atoms with Gasteiger partial charge in [0.2, 0.25) is 20.0 Å². The predicted molar refractivity (Wildman–Crippen MR) is 217 cm³/mol. The van der Waals surface area contributed by atoms with Crippen molar-refractivity contribution in [3.63, 3.8) is 0 Å². The van der Waals surface area contributed by atoms with E-state index in [1.807, 2.05) is 27.9 Å². The molecular weight excluding hydrogens is 911 g/mol. The van der Waals surface area contributed by atoms with Crippen molar-refractivity contribution in [2.75, 3.05) is 34.4 Å². The summed E-state index contributed by atoms with van der Waals surface area (Å²) in [5.41, 5.74) is 1.69. The van der Waals surface area contributed by atoms with Gasteiger partial charge in [-0.25, -0.2) is 35.8 Å². The molecule has 308 valence electrons. The van der Waals surface area contributed by atoms with Crippen LogP contribution in [0.1, 0.15) is 16.7 Å². The molecule has 0 aliphatic rings. The Morgan fingerprint density at radius 1 is 0.759 bits per heavy atom. The van der Waals surface area contributed by atoms with E-state index in [2.05, 4.69) is 25.6 Å². The number of benzene rings is 4. The molecule has 0 aliphatic heterocycles. The molecule has 0 radical (unpaired) electrons. The van der Waals surface area contributed by atoms with E-state index in [0.717, 1.165) is 10.4 Å². The molecule has 1 aromatic heterocycles. The first kappa shape index (κ1) is 43.6. The number of carboxylic acid groups (broad SMARTS) is 2. The number of hydrogen-bond acceptors (Lipinski definition) is 12. The van der Waals surface area contributed by atoms with Gasteiger partial charge in [-0.2, -0.15) is 4.31 Å². The maximum absolute atomic E-state index is 15.4. The minimum Gasteiger partial charge on any atom is -0.497 e. The first-order chi connectivity index (χ1) is 27.6. The van der Waals surface area contributed by atoms with Gasteiger partial charge in [-0.05, 0) is 98.2 Å². The number of rotatable bonds is 19. The van der Waals surface area contributed by atoms with Gasteiger partial charge in [-0.1, -0.05) is 36.4 Å². The third kappa shape index (κ3) is 10.9. The standard InChI is InChI=1S/C36H39IN8O11S2/c1-54-27-10-4-23(5-11-27)20-44(21-24-6-12-28(55-2)13-7-24)58(52,53)33-31(57(50,51)39-19-26(40-36(48)49)18-38-35(46)47)17-16-30(37)32(33)34-41-42-43-45(34)22-25-8-14-29(56-3)15-9-25/h4-17,26,38-40H,18-22H2,1-3H3,(H,46,47)(H,48,49)/t26-/m1/s1. The zero-order valence-electron chi connectivity index (χ0n) is 31.2. The van der Waals surface area contributed by atoms with Gasteiger partial charge in [0.1, 0.15) is 27.0 Å². The Morgan fingerprint density at radius 3 is 1.76 bits per heavy atom. The number of hydrogen-bond donors (Lipinski definition) is 5. The molecule has 0 aliphatic carbocycles. The Kier molecular flexibility index (Phi) is 14.5. The summed E-state index contributed by atoms with van der Waals surface area (Å²) in [4.78, 5) is 21.3. The molecule has 0 saturated carbocycles. The number of tetrazole rings is 1. The van der Waals surface area contributed by atoms with Gasteiger partial charge >= 0.3 is 12.2 Å². The Hall–Kier alpha value is -5.56. The lowest BCUT2D eigenvalue weighted by molar-refractivity contribution is 0.183. The third-order valence-corrected chi connectivity index (χ3v) is 13.0. The molecule has 1 atom stereocenters. The highest BCUT2D eigenvalue weighted by atomic mass is 127. The number of ether oxygens (including phenoxy) is 3. The molecule has 58 heavy (non-hydrogen) atoms. The van der Waals surface area contributed by atoms with Gasteiger partial charge in [0.25, 0.3) is 0 Å². The van der Waals surface area contributed by atoms with Crippen LogP contribution in [-0.4, -0.2) is 104 Å². The second kappa shape index (κ2) is 19.3. The van der Waals surface area contributed by atoms with E-state index in [1.165, 1.54) is 32.1 Å². The van der Waals surface area contributed by atoms with Crippen LogP contribution in [0.4, 0.5) is 9.59 Å². The third-order valence-electron chi connectivity index (χ3n) is 8.59. The fraction of sp³-hybridized carbons (Fsp3) is 0.250. The van der Waals surface area contributed by atoms with Gasteiger partial charge in [0, 0.05) is 29.7 Å². The smallest absolute Gasteiger partial charge is 0.404 e. The zero-order chi connectivity index (χ0) is 42.0. The molecule has 5 aromatic rings. The van der Waals surface area contributed by atoms with Crippen molar-refractivity contribution in [3.05, 3.63) is 105 Å². The second-order valence-electron chi connectivity index (χ2n) is 12.4. The van der Waals surface area contributed by atoms with Crippen LogP contribution in [0.5, 0.6) is 17.2 Å². The van der Waals surface area contributed by atoms with Crippen LogP contribution in [0.15, 0.2) is 94.7 Å². The van der Waals surface area contributed by atoms with Crippen LogP contribution < -0.4 is 29.6 Å². The molecule has 0 unspecified atom stereocenters. The van der Waals surface area contributed by atoms with E-state index < -0.39 is 61.2 Å². The number of aromatic nitrogens is 4. The lowest BCUT2D eigenvalue weighted by Gasteiger charge is -2.26. The van der Waals surface area contributed by atoms with E-state index >= 15 is 8.42 Å². The van der Waals surface area contributed by atoms with Crippen molar-refractivity contribution < 1.29 is 50.8 Å². The van der Waals surface area contributed by atoms with Crippen LogP contribution in [0, 0.1) is 3.57 Å². The molecule has 19 nitrogen and oxygen atoms in total. The van der Waals surface area contributed by atoms with Crippen LogP contribution in [0.25, 0.3) is 11.4 Å². The highest BCUT2D eigenvalue weighted by molar-refractivity contribution is 14.1. The number of sulfonamides is 2. The second-order valence-corrected chi connectivity index (χ2v) is 17.2. The fourth-order valence-corrected chi connectivity index (χ4v) is 10.0. The van der Waals surface area contributed by atoms with E-state index in [4.69, 9.17) is 19.3 Å². The van der Waals surface area contributed by atoms with E-state index in [9.17, 15) is 23.1 Å². The summed E-state index contributed by atoms with van der Waals surface area (Å²) in [6.07, 6.45) is -3.02. The van der Waals surface area contributed by atoms with Gasteiger partial charge < -0.3 is 35.1 Å². The van der Waals surface area contributed by atoms with Crippen molar-refractivity contribution in [2.24, 2.45) is 0 Å². The van der Waals surface area contributed by atoms with Crippen molar-refractivity contribution in [2.45, 2.75) is 35.5 Å². The van der Waals surface area contributed by atoms with Gasteiger partial charge in [-0.3, -0.25) is 0 Å². The van der Waals surface area contributed by atoms with Gasteiger partial charge in [0.15, 0.2) is 5.82 Å². The monoisotopic (exact) mass is 950 g/mol. The summed E-state index contributed by atoms with van der Waals surface area (Å²) >= 11 is 1.89. The summed E-state index contributed by atoms with van der Waals surface area (Å²) in [5, 5.41) is 34.7. The van der Waals surface area contributed by atoms with Crippen LogP contribution in [-0.2, 0) is 39.7 Å². The minimum absolute atomic E-state index is 0.0532. The molecule has 0 fully saturated rings. The van der Waals surface area contributed by atoms with Crippen molar-refractivity contribution in [1.82, 2.24) is 39.9 Å². The first-order valence-electron chi connectivity index (χ1n) is 17.1. The largest absolute Gasteiger partial charge is 0.497 e. The first-order valence-corrected chi connectivity index (χ1v) is 21.1. The van der Waals surface area contributed by atoms with E-state index in [1.54, 1.807) is 72.8 Å². The molecule has 0 bridgehead atoms. The van der Waals surface area contributed by atoms with Gasteiger partial charge in [0.05, 0.1) is 39.5 Å². The Morgan fingerprint density at radius 2 is 1.28 bits per heavy atom. The summed E-state index contributed by atoms with van der Waals surface area (Å²) in [5.74, 6) is 1.60. The number of halogens is 1. The normalized spacial score (nSPS) is 12.2. The average molecular weight is 951 g/mol. The molecule has 2 amide bonds. The van der Waals surface area contributed by atoms with Crippen molar-refractivity contribution in [3.8, 4) is 28.6 Å². The minimum atomic E-state index is -4.88. The van der Waals surface area contributed by atoms with Crippen LogP contribution >= 0.6 is 22.6 Å². The number of amides is 2. The summed E-state index contributed by atoms with van der Waals surface area (Å²) in [7, 11) is -5.21.